The molecule has 1 heterocycles. The van der Waals surface area contributed by atoms with E-state index in [9.17, 15) is 9.59 Å². The number of ether oxygens (including phenoxy) is 1. The number of carbonyl (C=O) groups is 2. The van der Waals surface area contributed by atoms with Crippen molar-refractivity contribution < 1.29 is 18.7 Å². The van der Waals surface area contributed by atoms with Crippen molar-refractivity contribution >= 4 is 11.8 Å². The van der Waals surface area contributed by atoms with Gasteiger partial charge in [-0.1, -0.05) is 32.9 Å². The second-order valence-corrected chi connectivity index (χ2v) is 10.8. The van der Waals surface area contributed by atoms with Crippen LogP contribution in [0.1, 0.15) is 90.6 Å². The number of hydrogen-bond donors (Lipinski definition) is 0. The predicted octanol–water partition coefficient (Wildman–Crippen LogP) is 6.38. The van der Waals surface area contributed by atoms with Crippen LogP contribution in [0.15, 0.2) is 28.2 Å². The highest BCUT2D eigenvalue weighted by molar-refractivity contribution is 5.87. The van der Waals surface area contributed by atoms with E-state index in [1.54, 1.807) is 0 Å². The lowest BCUT2D eigenvalue weighted by Gasteiger charge is -2.58. The summed E-state index contributed by atoms with van der Waals surface area (Å²) in [7, 11) is 0. The molecule has 4 heteroatoms. The van der Waals surface area contributed by atoms with Gasteiger partial charge in [0.2, 0.25) is 0 Å². The lowest BCUT2D eigenvalue weighted by Crippen LogP contribution is -2.52. The molecule has 170 valence electrons. The molecule has 0 aromatic carbocycles. The number of ketones is 1. The van der Waals surface area contributed by atoms with Crippen molar-refractivity contribution in [2.75, 3.05) is 0 Å². The van der Waals surface area contributed by atoms with E-state index in [0.29, 0.717) is 23.5 Å². The van der Waals surface area contributed by atoms with Crippen LogP contribution < -0.4 is 0 Å². The lowest BCUT2D eigenvalue weighted by molar-refractivity contribution is -0.148. The largest absolute Gasteiger partial charge is 0.466 e. The molecule has 1 aromatic rings. The van der Waals surface area contributed by atoms with Gasteiger partial charge in [-0.15, -0.1) is 0 Å². The van der Waals surface area contributed by atoms with Crippen molar-refractivity contribution in [2.24, 2.45) is 28.6 Å². The smallest absolute Gasteiger partial charge is 0.302 e. The Morgan fingerprint density at radius 2 is 1.81 bits per heavy atom. The summed E-state index contributed by atoms with van der Waals surface area (Å²) in [5.74, 6) is 3.90. The van der Waals surface area contributed by atoms with Crippen LogP contribution in [0, 0.1) is 35.5 Å². The van der Waals surface area contributed by atoms with Gasteiger partial charge in [-0.25, -0.2) is 0 Å². The molecule has 7 atom stereocenters. The van der Waals surface area contributed by atoms with Crippen molar-refractivity contribution in [3.8, 4) is 0 Å². The Morgan fingerprint density at radius 3 is 2.48 bits per heavy atom. The van der Waals surface area contributed by atoms with E-state index in [-0.39, 0.29) is 36.2 Å². The summed E-state index contributed by atoms with van der Waals surface area (Å²) in [6, 6.07) is 4.19. The summed E-state index contributed by atoms with van der Waals surface area (Å²) in [4.78, 5) is 24.4. The molecule has 5 rings (SSSR count). The Labute approximate surface area is 186 Å². The number of rotatable bonds is 2. The first-order valence-electron chi connectivity index (χ1n) is 11.7. The second-order valence-electron chi connectivity index (χ2n) is 10.8. The summed E-state index contributed by atoms with van der Waals surface area (Å²) >= 11 is 0. The quantitative estimate of drug-likeness (QED) is 0.407. The highest BCUT2D eigenvalue weighted by Crippen LogP contribution is 2.66. The number of allylic oxidation sites excluding steroid dienone is 1. The number of aryl methyl sites for hydroxylation is 1. The zero-order valence-electron chi connectivity index (χ0n) is 18.7. The van der Waals surface area contributed by atoms with Crippen LogP contribution in [-0.4, -0.2) is 17.9 Å². The third-order valence-electron chi connectivity index (χ3n) is 9.24. The van der Waals surface area contributed by atoms with E-state index in [4.69, 9.17) is 9.15 Å². The molecule has 0 spiro atoms. The predicted molar refractivity (Wildman–Crippen MR) is 121 cm³/mol. The van der Waals surface area contributed by atoms with Gasteiger partial charge in [0.25, 0.3) is 0 Å². The SMILES string of the molecule is C.CC(=O)OC1CC[C@@]2(C)C(=C[C@@H](c3ccc(C)o3)C3C2CC[C@]2(C)C(=O)CCC32)C1. The van der Waals surface area contributed by atoms with E-state index in [2.05, 4.69) is 32.1 Å². The standard InChI is InChI=1S/C26H34O4.CH4/c1-15-5-7-22(29-15)19-14-17-13-18(30-16(2)27)9-11-25(17,3)21-10-12-26(4)20(24(19)21)6-8-23(26)28;/h5,7,14,18-21,24H,6,8-13H2,1-4H3;1H4/t18?,19-,20?,21?,24?,25-,26-;/m0./s1. The highest BCUT2D eigenvalue weighted by atomic mass is 16.5. The fourth-order valence-corrected chi connectivity index (χ4v) is 7.66. The first kappa shape index (κ1) is 22.4. The molecule has 0 radical (unpaired) electrons. The number of furan rings is 1. The van der Waals surface area contributed by atoms with Crippen LogP contribution in [0.2, 0.25) is 0 Å². The zero-order chi connectivity index (χ0) is 21.3. The van der Waals surface area contributed by atoms with Gasteiger partial charge in [-0.2, -0.15) is 0 Å². The maximum absolute atomic E-state index is 12.9. The normalized spacial score (nSPS) is 41.4. The van der Waals surface area contributed by atoms with Gasteiger partial charge in [0.05, 0.1) is 0 Å². The first-order valence-corrected chi connectivity index (χ1v) is 11.7. The Morgan fingerprint density at radius 1 is 1.10 bits per heavy atom. The van der Waals surface area contributed by atoms with Gasteiger partial charge >= 0.3 is 5.97 Å². The molecule has 31 heavy (non-hydrogen) atoms. The van der Waals surface area contributed by atoms with Crippen molar-refractivity contribution in [3.05, 3.63) is 35.3 Å². The van der Waals surface area contributed by atoms with E-state index in [1.165, 1.54) is 12.5 Å². The zero-order valence-corrected chi connectivity index (χ0v) is 18.7. The van der Waals surface area contributed by atoms with Crippen LogP contribution in [-0.2, 0) is 14.3 Å². The summed E-state index contributed by atoms with van der Waals surface area (Å²) < 4.78 is 11.8. The molecule has 3 saturated carbocycles. The van der Waals surface area contributed by atoms with Gasteiger partial charge in [0, 0.05) is 31.1 Å². The van der Waals surface area contributed by atoms with E-state index >= 15 is 0 Å². The maximum atomic E-state index is 12.9. The summed E-state index contributed by atoms with van der Waals surface area (Å²) in [6.45, 7) is 8.17. The lowest BCUT2D eigenvalue weighted by atomic mass is 9.45. The highest BCUT2D eigenvalue weighted by Gasteiger charge is 2.61. The molecule has 0 saturated heterocycles. The topological polar surface area (TPSA) is 56.5 Å². The number of Topliss-reactive ketones (excluding diaryl/α,β-unsaturated/α-hetero) is 1. The van der Waals surface area contributed by atoms with E-state index in [0.717, 1.165) is 56.5 Å². The number of fused-ring (bicyclic) bond motifs is 5. The minimum absolute atomic E-state index is 0. The molecule has 4 nitrogen and oxygen atoms in total. The monoisotopic (exact) mass is 426 g/mol. The fraction of sp³-hybridized carbons (Fsp3) is 0.704. The van der Waals surface area contributed by atoms with Gasteiger partial charge < -0.3 is 9.15 Å². The summed E-state index contributed by atoms with van der Waals surface area (Å²) in [5.41, 5.74) is 1.40. The first-order chi connectivity index (χ1) is 14.2. The summed E-state index contributed by atoms with van der Waals surface area (Å²) in [6.07, 6.45) is 9.11. The fourth-order valence-electron chi connectivity index (χ4n) is 7.66. The molecule has 0 bridgehead atoms. The van der Waals surface area contributed by atoms with Gasteiger partial charge in [-0.3, -0.25) is 9.59 Å². The Hall–Kier alpha value is -1.84. The molecule has 0 N–H and O–H groups in total. The molecule has 0 amide bonds. The number of carbonyl (C=O) groups excluding carboxylic acids is 2. The number of esters is 1. The second kappa shape index (κ2) is 7.64. The van der Waals surface area contributed by atoms with Crippen molar-refractivity contribution in [1.82, 2.24) is 0 Å². The van der Waals surface area contributed by atoms with E-state index in [1.807, 2.05) is 6.92 Å². The molecule has 3 fully saturated rings. The molecule has 4 unspecified atom stereocenters. The van der Waals surface area contributed by atoms with Gasteiger partial charge in [0.15, 0.2) is 0 Å². The number of hydrogen-bond acceptors (Lipinski definition) is 4. The summed E-state index contributed by atoms with van der Waals surface area (Å²) in [5, 5.41) is 0. The minimum Gasteiger partial charge on any atom is -0.466 e. The van der Waals surface area contributed by atoms with Crippen LogP contribution in [0.5, 0.6) is 0 Å². The van der Waals surface area contributed by atoms with Crippen LogP contribution in [0.4, 0.5) is 0 Å². The molecule has 4 aliphatic rings. The van der Waals surface area contributed by atoms with Gasteiger partial charge in [0.1, 0.15) is 23.4 Å². The third kappa shape index (κ3) is 3.32. The molecule has 0 aliphatic heterocycles. The molecular weight excluding hydrogens is 388 g/mol. The van der Waals surface area contributed by atoms with Crippen molar-refractivity contribution in [1.29, 1.82) is 0 Å². The molecule has 1 aromatic heterocycles. The Bertz CT molecular complexity index is 910. The minimum atomic E-state index is -0.186. The third-order valence-corrected chi connectivity index (χ3v) is 9.24. The Balaban J connectivity index is 0.00000231. The van der Waals surface area contributed by atoms with Crippen molar-refractivity contribution in [3.63, 3.8) is 0 Å². The molecular formula is C27H38O4. The molecule has 4 aliphatic carbocycles. The van der Waals surface area contributed by atoms with Crippen molar-refractivity contribution in [2.45, 2.75) is 92.1 Å². The van der Waals surface area contributed by atoms with E-state index < -0.39 is 0 Å². The van der Waals surface area contributed by atoms with Gasteiger partial charge in [-0.05, 0) is 74.3 Å². The average molecular weight is 427 g/mol. The van der Waals surface area contributed by atoms with Crippen LogP contribution >= 0.6 is 0 Å². The van der Waals surface area contributed by atoms with Crippen LogP contribution in [0.25, 0.3) is 0 Å². The maximum Gasteiger partial charge on any atom is 0.302 e. The van der Waals surface area contributed by atoms with Crippen LogP contribution in [0.3, 0.4) is 0 Å². The average Bonchev–Trinajstić information content (AvgIpc) is 3.24. The Kier molecular flexibility index (Phi) is 5.51.